The van der Waals surface area contributed by atoms with Crippen LogP contribution in [0.2, 0.25) is 0 Å². The number of carbonyl (C=O) groups excluding carboxylic acids is 1. The van der Waals surface area contributed by atoms with Crippen LogP contribution in [-0.2, 0) is 16.9 Å². The summed E-state index contributed by atoms with van der Waals surface area (Å²) in [5.74, 6) is -0.0126. The lowest BCUT2D eigenvalue weighted by molar-refractivity contribution is -0.132. The Morgan fingerprint density at radius 1 is 1.32 bits per heavy atom. The first-order chi connectivity index (χ1) is 10.8. The molecule has 1 fully saturated rings. The van der Waals surface area contributed by atoms with Crippen molar-refractivity contribution in [2.75, 3.05) is 13.6 Å². The molecule has 3 rings (SSSR count). The Balaban J connectivity index is 1.99. The van der Waals surface area contributed by atoms with Gasteiger partial charge in [-0.25, -0.2) is 0 Å². The summed E-state index contributed by atoms with van der Waals surface area (Å²) >= 11 is 0. The van der Waals surface area contributed by atoms with Crippen molar-refractivity contribution in [3.8, 4) is 0 Å². The third kappa shape index (κ3) is 2.48. The van der Waals surface area contributed by atoms with Crippen molar-refractivity contribution in [3.63, 3.8) is 0 Å². The van der Waals surface area contributed by atoms with Gasteiger partial charge in [0.1, 0.15) is 5.54 Å². The number of likely N-dealkylation sites (N-methyl/N-ethyl adjacent to an activating group) is 1. The summed E-state index contributed by atoms with van der Waals surface area (Å²) in [5.41, 5.74) is 1.20. The number of likely N-dealkylation sites (tertiary alicyclic amines) is 1. The average molecular weight is 296 g/mol. The zero-order valence-corrected chi connectivity index (χ0v) is 12.7. The molecular formula is C17H20N4O. The maximum Gasteiger partial charge on any atom is 0.246 e. The predicted octanol–water partition coefficient (Wildman–Crippen LogP) is 1.71. The SMILES string of the molecule is CNC(=O)[C@]1(c2cnccn2)CCCN1Cc1ccccc1. The average Bonchev–Trinajstić information content (AvgIpc) is 3.00. The Labute approximate surface area is 130 Å². The number of benzene rings is 1. The minimum atomic E-state index is -0.723. The van der Waals surface area contributed by atoms with Crippen molar-refractivity contribution >= 4 is 5.91 Å². The molecule has 1 amide bonds. The molecule has 5 heteroatoms. The molecule has 1 aromatic heterocycles. The second kappa shape index (κ2) is 6.23. The second-order valence-electron chi connectivity index (χ2n) is 5.54. The van der Waals surface area contributed by atoms with Crippen LogP contribution in [-0.4, -0.2) is 34.4 Å². The first kappa shape index (κ1) is 14.7. The highest BCUT2D eigenvalue weighted by Crippen LogP contribution is 2.39. The Morgan fingerprint density at radius 2 is 2.14 bits per heavy atom. The lowest BCUT2D eigenvalue weighted by Crippen LogP contribution is -2.52. The van der Waals surface area contributed by atoms with Gasteiger partial charge in [-0.3, -0.25) is 19.7 Å². The summed E-state index contributed by atoms with van der Waals surface area (Å²) in [6.07, 6.45) is 6.73. The highest BCUT2D eigenvalue weighted by molar-refractivity contribution is 5.87. The molecule has 0 saturated carbocycles. The van der Waals surface area contributed by atoms with Gasteiger partial charge in [-0.2, -0.15) is 0 Å². The van der Waals surface area contributed by atoms with E-state index in [4.69, 9.17) is 0 Å². The number of hydrogen-bond donors (Lipinski definition) is 1. The third-order valence-electron chi connectivity index (χ3n) is 4.31. The number of hydrogen-bond acceptors (Lipinski definition) is 4. The van der Waals surface area contributed by atoms with Crippen LogP contribution in [0.25, 0.3) is 0 Å². The summed E-state index contributed by atoms with van der Waals surface area (Å²) in [5, 5.41) is 2.81. The van der Waals surface area contributed by atoms with Crippen molar-refractivity contribution in [2.24, 2.45) is 0 Å². The van der Waals surface area contributed by atoms with Gasteiger partial charge in [0.05, 0.1) is 11.9 Å². The molecule has 2 aromatic rings. The number of rotatable bonds is 4. The Hall–Kier alpha value is -2.27. The van der Waals surface area contributed by atoms with Crippen LogP contribution >= 0.6 is 0 Å². The zero-order valence-electron chi connectivity index (χ0n) is 12.7. The van der Waals surface area contributed by atoms with Crippen LogP contribution in [0.15, 0.2) is 48.9 Å². The fourth-order valence-electron chi connectivity index (χ4n) is 3.28. The van der Waals surface area contributed by atoms with Gasteiger partial charge in [0.2, 0.25) is 5.91 Å². The van der Waals surface area contributed by atoms with E-state index in [0.29, 0.717) is 0 Å². The maximum atomic E-state index is 12.7. The van der Waals surface area contributed by atoms with Gasteiger partial charge in [0, 0.05) is 26.0 Å². The van der Waals surface area contributed by atoms with Crippen molar-refractivity contribution in [1.29, 1.82) is 0 Å². The van der Waals surface area contributed by atoms with Gasteiger partial charge in [-0.05, 0) is 24.9 Å². The molecule has 1 saturated heterocycles. The molecule has 1 aliphatic rings. The predicted molar refractivity (Wildman–Crippen MR) is 83.9 cm³/mol. The van der Waals surface area contributed by atoms with Gasteiger partial charge >= 0.3 is 0 Å². The minimum Gasteiger partial charge on any atom is -0.357 e. The first-order valence-corrected chi connectivity index (χ1v) is 7.55. The van der Waals surface area contributed by atoms with E-state index in [9.17, 15) is 4.79 Å². The molecule has 5 nitrogen and oxygen atoms in total. The summed E-state index contributed by atoms with van der Waals surface area (Å²) in [7, 11) is 1.68. The lowest BCUT2D eigenvalue weighted by atomic mass is 9.90. The molecule has 1 atom stereocenters. The third-order valence-corrected chi connectivity index (χ3v) is 4.31. The Morgan fingerprint density at radius 3 is 2.82 bits per heavy atom. The first-order valence-electron chi connectivity index (χ1n) is 7.55. The van der Waals surface area contributed by atoms with E-state index in [1.54, 1.807) is 25.6 Å². The zero-order chi connectivity index (χ0) is 15.4. The van der Waals surface area contributed by atoms with E-state index >= 15 is 0 Å². The lowest BCUT2D eigenvalue weighted by Gasteiger charge is -2.36. The minimum absolute atomic E-state index is 0.0126. The molecule has 22 heavy (non-hydrogen) atoms. The molecule has 0 radical (unpaired) electrons. The van der Waals surface area contributed by atoms with Gasteiger partial charge in [0.25, 0.3) is 0 Å². The monoisotopic (exact) mass is 296 g/mol. The van der Waals surface area contributed by atoms with Crippen LogP contribution in [0, 0.1) is 0 Å². The standard InChI is InChI=1S/C17H20N4O/c1-18-16(22)17(15-12-19-9-10-20-15)8-5-11-21(17)13-14-6-3-2-4-7-14/h2-4,6-7,9-10,12H,5,8,11,13H2,1H3,(H,18,22)/t17-/m1/s1. The highest BCUT2D eigenvalue weighted by Gasteiger charge is 2.49. The van der Waals surface area contributed by atoms with Crippen LogP contribution in [0.3, 0.4) is 0 Å². The molecule has 0 spiro atoms. The number of nitrogens with one attached hydrogen (secondary N) is 1. The molecule has 1 aliphatic heterocycles. The molecule has 0 unspecified atom stereocenters. The van der Waals surface area contributed by atoms with Gasteiger partial charge in [-0.15, -0.1) is 0 Å². The molecule has 1 aromatic carbocycles. The molecule has 0 aliphatic carbocycles. The van der Waals surface area contributed by atoms with Crippen LogP contribution < -0.4 is 5.32 Å². The van der Waals surface area contributed by atoms with Gasteiger partial charge in [-0.1, -0.05) is 30.3 Å². The molecule has 114 valence electrons. The fourth-order valence-corrected chi connectivity index (χ4v) is 3.28. The van der Waals surface area contributed by atoms with Crippen LogP contribution in [0.5, 0.6) is 0 Å². The van der Waals surface area contributed by atoms with E-state index in [0.717, 1.165) is 31.6 Å². The summed E-state index contributed by atoms with van der Waals surface area (Å²) in [6.45, 7) is 1.60. The quantitative estimate of drug-likeness (QED) is 0.933. The van der Waals surface area contributed by atoms with E-state index in [1.807, 2.05) is 18.2 Å². The van der Waals surface area contributed by atoms with Crippen molar-refractivity contribution in [2.45, 2.75) is 24.9 Å². The van der Waals surface area contributed by atoms with Crippen molar-refractivity contribution in [1.82, 2.24) is 20.2 Å². The Bertz CT molecular complexity index is 632. The number of nitrogens with zero attached hydrogens (tertiary/aromatic N) is 3. The molecular weight excluding hydrogens is 276 g/mol. The summed E-state index contributed by atoms with van der Waals surface area (Å²) < 4.78 is 0. The van der Waals surface area contributed by atoms with Crippen LogP contribution in [0.4, 0.5) is 0 Å². The Kier molecular flexibility index (Phi) is 4.15. The largest absolute Gasteiger partial charge is 0.357 e. The van der Waals surface area contributed by atoms with E-state index in [1.165, 1.54) is 5.56 Å². The number of amides is 1. The van der Waals surface area contributed by atoms with E-state index in [2.05, 4.69) is 32.3 Å². The summed E-state index contributed by atoms with van der Waals surface area (Å²) in [4.78, 5) is 23.5. The summed E-state index contributed by atoms with van der Waals surface area (Å²) in [6, 6.07) is 10.2. The molecule has 0 bridgehead atoms. The van der Waals surface area contributed by atoms with E-state index < -0.39 is 5.54 Å². The number of carbonyl (C=O) groups is 1. The van der Waals surface area contributed by atoms with Crippen LogP contribution in [0.1, 0.15) is 24.1 Å². The van der Waals surface area contributed by atoms with Crippen molar-refractivity contribution in [3.05, 3.63) is 60.2 Å². The second-order valence-corrected chi connectivity index (χ2v) is 5.54. The topological polar surface area (TPSA) is 58.1 Å². The highest BCUT2D eigenvalue weighted by atomic mass is 16.2. The molecule has 1 N–H and O–H groups in total. The fraction of sp³-hybridized carbons (Fsp3) is 0.353. The normalized spacial score (nSPS) is 21.7. The smallest absolute Gasteiger partial charge is 0.246 e. The molecule has 2 heterocycles. The van der Waals surface area contributed by atoms with Crippen molar-refractivity contribution < 1.29 is 4.79 Å². The number of aromatic nitrogens is 2. The van der Waals surface area contributed by atoms with Gasteiger partial charge < -0.3 is 5.32 Å². The van der Waals surface area contributed by atoms with E-state index in [-0.39, 0.29) is 5.91 Å². The maximum absolute atomic E-state index is 12.7. The van der Waals surface area contributed by atoms with Gasteiger partial charge in [0.15, 0.2) is 0 Å².